The molecule has 1 aromatic carbocycles. The molecule has 26 heavy (non-hydrogen) atoms. The number of aromatic nitrogens is 3. The van der Waals surface area contributed by atoms with Gasteiger partial charge in [0.05, 0.1) is 28.3 Å². The number of nitrogens with one attached hydrogen (secondary N) is 1. The topological polar surface area (TPSA) is 97.6 Å². The van der Waals surface area contributed by atoms with E-state index in [1.807, 2.05) is 35.2 Å². The van der Waals surface area contributed by atoms with E-state index >= 15 is 0 Å². The lowest BCUT2D eigenvalue weighted by molar-refractivity contribution is 0.497. The molecule has 7 nitrogen and oxygen atoms in total. The van der Waals surface area contributed by atoms with E-state index in [4.69, 9.17) is 11.6 Å². The van der Waals surface area contributed by atoms with Crippen LogP contribution in [0.15, 0.2) is 40.9 Å². The van der Waals surface area contributed by atoms with Crippen LogP contribution in [0.5, 0.6) is 0 Å². The molecule has 1 fully saturated rings. The molecule has 0 unspecified atom stereocenters. The Balaban J connectivity index is 1.66. The summed E-state index contributed by atoms with van der Waals surface area (Å²) < 4.78 is 23.0. The lowest BCUT2D eigenvalue weighted by Crippen LogP contribution is -2.21. The third-order valence-electron chi connectivity index (χ3n) is 4.16. The van der Waals surface area contributed by atoms with Crippen molar-refractivity contribution in [1.29, 1.82) is 0 Å². The van der Waals surface area contributed by atoms with Gasteiger partial charge >= 0.3 is 0 Å². The maximum atomic E-state index is 9.52. The molecular weight excluding hydrogens is 374 g/mol. The lowest BCUT2D eigenvalue weighted by atomic mass is 10.2. The zero-order valence-electron chi connectivity index (χ0n) is 14.1. The summed E-state index contributed by atoms with van der Waals surface area (Å²) in [4.78, 5) is 14.3. The third-order valence-corrected chi connectivity index (χ3v) is 5.06. The highest BCUT2D eigenvalue weighted by Gasteiger charge is 2.22. The Morgan fingerprint density at radius 3 is 2.88 bits per heavy atom. The number of hydrogen-bond acceptors (Lipinski definition) is 6. The molecule has 136 valence electrons. The van der Waals surface area contributed by atoms with Gasteiger partial charge in [-0.05, 0) is 18.2 Å². The first kappa shape index (κ1) is 17.3. The van der Waals surface area contributed by atoms with E-state index < -0.39 is 10.8 Å². The van der Waals surface area contributed by atoms with Crippen LogP contribution in [0, 0.1) is 0 Å². The van der Waals surface area contributed by atoms with Crippen molar-refractivity contribution >= 4 is 44.9 Å². The molecule has 1 aliphatic heterocycles. The van der Waals surface area contributed by atoms with Gasteiger partial charge in [0.1, 0.15) is 11.6 Å². The maximum absolute atomic E-state index is 9.52. The minimum atomic E-state index is -2.88. The van der Waals surface area contributed by atoms with Gasteiger partial charge in [-0.25, -0.2) is 9.97 Å². The molecule has 0 bridgehead atoms. The van der Waals surface area contributed by atoms with Crippen molar-refractivity contribution in [2.24, 2.45) is 4.40 Å². The standard InChI is InChI=1S/C17H18ClN5O2S/c1-26(24,25)22-11-6-7-23(10-11)16-8-12(13(18)9-19-16)17-20-14-4-2-3-5-15(14)21-17/h2-5,8-9,24-25H,6-7,10H2,1H3,(H,20,21). The number of imidazole rings is 1. The Bertz CT molecular complexity index is 965. The zero-order chi connectivity index (χ0) is 18.3. The number of aromatic amines is 1. The lowest BCUT2D eigenvalue weighted by Gasteiger charge is -2.21. The van der Waals surface area contributed by atoms with Gasteiger partial charge in [0.15, 0.2) is 0 Å². The average molecular weight is 392 g/mol. The minimum Gasteiger partial charge on any atom is -0.351 e. The molecule has 0 aliphatic carbocycles. The van der Waals surface area contributed by atoms with Gasteiger partial charge in [0, 0.05) is 31.0 Å². The third kappa shape index (κ3) is 3.54. The van der Waals surface area contributed by atoms with Crippen molar-refractivity contribution in [2.45, 2.75) is 6.42 Å². The zero-order valence-corrected chi connectivity index (χ0v) is 15.6. The fraction of sp³-hybridized carbons (Fsp3) is 0.235. The Kier molecular flexibility index (Phi) is 4.36. The van der Waals surface area contributed by atoms with E-state index in [0.29, 0.717) is 30.4 Å². The van der Waals surface area contributed by atoms with Crippen molar-refractivity contribution in [3.8, 4) is 11.4 Å². The summed E-state index contributed by atoms with van der Waals surface area (Å²) in [7, 11) is -2.88. The SMILES string of the molecule is CS(O)(O)N=C1CCN(c2cc(-c3nc4ccccc4[nH]3)c(Cl)cn2)C1. The first-order chi connectivity index (χ1) is 12.4. The summed E-state index contributed by atoms with van der Waals surface area (Å²) in [6.07, 6.45) is 3.61. The van der Waals surface area contributed by atoms with E-state index in [-0.39, 0.29) is 0 Å². The summed E-state index contributed by atoms with van der Waals surface area (Å²) >= 11 is 6.35. The van der Waals surface area contributed by atoms with Crippen molar-refractivity contribution in [1.82, 2.24) is 15.0 Å². The summed E-state index contributed by atoms with van der Waals surface area (Å²) in [5, 5.41) is 0.517. The van der Waals surface area contributed by atoms with Gasteiger partial charge in [-0.15, -0.1) is 10.8 Å². The van der Waals surface area contributed by atoms with E-state index in [1.165, 1.54) is 6.26 Å². The summed E-state index contributed by atoms with van der Waals surface area (Å²) in [6, 6.07) is 9.70. The first-order valence-electron chi connectivity index (χ1n) is 8.05. The highest BCUT2D eigenvalue weighted by Crippen LogP contribution is 2.36. The normalized spacial score (nSPS) is 17.4. The fourth-order valence-corrected chi connectivity index (χ4v) is 3.85. The van der Waals surface area contributed by atoms with E-state index in [9.17, 15) is 9.11 Å². The van der Waals surface area contributed by atoms with Crippen LogP contribution >= 0.6 is 22.4 Å². The Morgan fingerprint density at radius 2 is 2.12 bits per heavy atom. The Labute approximate surface area is 157 Å². The maximum Gasteiger partial charge on any atom is 0.140 e. The number of halogens is 1. The highest BCUT2D eigenvalue weighted by molar-refractivity contribution is 8.22. The number of fused-ring (bicyclic) bond motifs is 1. The molecule has 3 aromatic rings. The molecule has 0 atom stereocenters. The van der Waals surface area contributed by atoms with Crippen LogP contribution in [0.1, 0.15) is 6.42 Å². The summed E-state index contributed by atoms with van der Waals surface area (Å²) in [5.41, 5.74) is 3.36. The van der Waals surface area contributed by atoms with Gasteiger partial charge in [-0.3, -0.25) is 9.11 Å². The predicted molar refractivity (Wildman–Crippen MR) is 107 cm³/mol. The number of benzene rings is 1. The predicted octanol–water partition coefficient (Wildman–Crippen LogP) is 4.22. The monoisotopic (exact) mass is 391 g/mol. The molecule has 2 aromatic heterocycles. The van der Waals surface area contributed by atoms with Crippen LogP contribution < -0.4 is 4.90 Å². The van der Waals surface area contributed by atoms with Gasteiger partial charge in [0.2, 0.25) is 0 Å². The second kappa shape index (κ2) is 6.55. The van der Waals surface area contributed by atoms with Crippen LogP contribution in [-0.4, -0.2) is 49.1 Å². The quantitative estimate of drug-likeness (QED) is 0.620. The van der Waals surface area contributed by atoms with Gasteiger partial charge in [-0.2, -0.15) is 4.40 Å². The van der Waals surface area contributed by atoms with Crippen molar-refractivity contribution < 1.29 is 9.11 Å². The number of rotatable bonds is 3. The largest absolute Gasteiger partial charge is 0.351 e. The molecule has 0 radical (unpaired) electrons. The molecular formula is C17H18ClN5O2S. The Hall–Kier alpha value is -2.13. The number of pyridine rings is 1. The molecule has 3 heterocycles. The average Bonchev–Trinajstić information content (AvgIpc) is 3.20. The molecule has 1 saturated heterocycles. The van der Waals surface area contributed by atoms with Crippen LogP contribution in [0.25, 0.3) is 22.4 Å². The van der Waals surface area contributed by atoms with Crippen molar-refractivity contribution in [3.63, 3.8) is 0 Å². The van der Waals surface area contributed by atoms with Crippen LogP contribution in [-0.2, 0) is 0 Å². The van der Waals surface area contributed by atoms with Crippen molar-refractivity contribution in [2.75, 3.05) is 24.2 Å². The minimum absolute atomic E-state index is 0.512. The summed E-state index contributed by atoms with van der Waals surface area (Å²) in [6.45, 7) is 1.22. The number of nitrogens with zero attached hydrogens (tertiary/aromatic N) is 4. The molecule has 3 N–H and O–H groups in total. The Morgan fingerprint density at radius 1 is 1.31 bits per heavy atom. The molecule has 1 aliphatic rings. The number of anilines is 1. The van der Waals surface area contributed by atoms with Gasteiger partial charge in [-0.1, -0.05) is 23.7 Å². The highest BCUT2D eigenvalue weighted by atomic mass is 35.5. The smallest absolute Gasteiger partial charge is 0.140 e. The first-order valence-corrected chi connectivity index (χ1v) is 10.3. The number of para-hydroxylation sites is 2. The molecule has 0 amide bonds. The van der Waals surface area contributed by atoms with Crippen LogP contribution in [0.4, 0.5) is 5.82 Å². The van der Waals surface area contributed by atoms with Crippen molar-refractivity contribution in [3.05, 3.63) is 41.6 Å². The number of H-pyrrole nitrogens is 1. The fourth-order valence-electron chi connectivity index (χ4n) is 3.02. The van der Waals surface area contributed by atoms with E-state index in [1.54, 1.807) is 6.20 Å². The van der Waals surface area contributed by atoms with Crippen LogP contribution in [0.2, 0.25) is 5.02 Å². The summed E-state index contributed by atoms with van der Waals surface area (Å²) in [5.74, 6) is 1.44. The van der Waals surface area contributed by atoms with E-state index in [0.717, 1.165) is 28.1 Å². The van der Waals surface area contributed by atoms with E-state index in [2.05, 4.69) is 19.3 Å². The molecule has 4 rings (SSSR count). The van der Waals surface area contributed by atoms with Crippen LogP contribution in [0.3, 0.4) is 0 Å². The second-order valence-electron chi connectivity index (χ2n) is 6.25. The molecule has 0 saturated carbocycles. The van der Waals surface area contributed by atoms with Gasteiger partial charge in [0.25, 0.3) is 0 Å². The molecule has 0 spiro atoms. The second-order valence-corrected chi connectivity index (χ2v) is 8.42. The van der Waals surface area contributed by atoms with Gasteiger partial charge < -0.3 is 9.88 Å². The molecule has 9 heteroatoms. The number of hydrogen-bond donors (Lipinski definition) is 3.